The predicted molar refractivity (Wildman–Crippen MR) is 78.2 cm³/mol. The first kappa shape index (κ1) is 13.1. The van der Waals surface area contributed by atoms with Gasteiger partial charge < -0.3 is 11.5 Å². The second-order valence-corrected chi connectivity index (χ2v) is 5.32. The van der Waals surface area contributed by atoms with Crippen LogP contribution in [-0.4, -0.2) is 4.98 Å². The Hall–Kier alpha value is -1.39. The standard InChI is InChI=1S/C14H16BrN3/c1-9-6-11(15)2-3-12(9)13(16)7-10-4-5-18-14(17)8-10/h2-6,8,13H,7,16H2,1H3,(H2,17,18). The van der Waals surface area contributed by atoms with Crippen LogP contribution in [0.3, 0.4) is 0 Å². The van der Waals surface area contributed by atoms with Gasteiger partial charge in [0.05, 0.1) is 0 Å². The normalized spacial score (nSPS) is 12.4. The Bertz CT molecular complexity index is 554. The van der Waals surface area contributed by atoms with Gasteiger partial charge in [0.15, 0.2) is 0 Å². The summed E-state index contributed by atoms with van der Waals surface area (Å²) in [6.45, 7) is 2.07. The molecule has 1 aromatic heterocycles. The van der Waals surface area contributed by atoms with Crippen LogP contribution in [0.2, 0.25) is 0 Å². The third-order valence-corrected chi connectivity index (χ3v) is 3.43. The molecule has 1 heterocycles. The minimum Gasteiger partial charge on any atom is -0.384 e. The number of aromatic nitrogens is 1. The van der Waals surface area contributed by atoms with E-state index in [0.717, 1.165) is 22.0 Å². The van der Waals surface area contributed by atoms with Gasteiger partial charge in [-0.15, -0.1) is 0 Å². The van der Waals surface area contributed by atoms with E-state index < -0.39 is 0 Å². The summed E-state index contributed by atoms with van der Waals surface area (Å²) in [7, 11) is 0. The van der Waals surface area contributed by atoms with E-state index in [-0.39, 0.29) is 6.04 Å². The van der Waals surface area contributed by atoms with Crippen molar-refractivity contribution in [2.45, 2.75) is 19.4 Å². The summed E-state index contributed by atoms with van der Waals surface area (Å²) in [4.78, 5) is 3.98. The van der Waals surface area contributed by atoms with E-state index in [1.165, 1.54) is 5.56 Å². The molecule has 0 spiro atoms. The first-order chi connectivity index (χ1) is 8.56. The van der Waals surface area contributed by atoms with E-state index >= 15 is 0 Å². The van der Waals surface area contributed by atoms with Crippen molar-refractivity contribution in [3.8, 4) is 0 Å². The molecule has 0 saturated carbocycles. The third-order valence-electron chi connectivity index (χ3n) is 2.93. The Labute approximate surface area is 115 Å². The fourth-order valence-electron chi connectivity index (χ4n) is 2.04. The van der Waals surface area contributed by atoms with Crippen molar-refractivity contribution in [1.82, 2.24) is 4.98 Å². The molecule has 0 fully saturated rings. The van der Waals surface area contributed by atoms with Gasteiger partial charge in [0.1, 0.15) is 5.82 Å². The van der Waals surface area contributed by atoms with Crippen molar-refractivity contribution in [2.75, 3.05) is 5.73 Å². The molecule has 0 amide bonds. The van der Waals surface area contributed by atoms with Crippen molar-refractivity contribution in [3.05, 3.63) is 57.7 Å². The molecule has 2 rings (SSSR count). The summed E-state index contributed by atoms with van der Waals surface area (Å²) >= 11 is 3.46. The zero-order chi connectivity index (χ0) is 13.1. The van der Waals surface area contributed by atoms with E-state index in [1.54, 1.807) is 6.20 Å². The maximum absolute atomic E-state index is 6.25. The molecule has 94 valence electrons. The topological polar surface area (TPSA) is 64.9 Å². The van der Waals surface area contributed by atoms with Crippen molar-refractivity contribution in [1.29, 1.82) is 0 Å². The number of anilines is 1. The van der Waals surface area contributed by atoms with Gasteiger partial charge in [0, 0.05) is 16.7 Å². The van der Waals surface area contributed by atoms with Gasteiger partial charge in [-0.3, -0.25) is 0 Å². The van der Waals surface area contributed by atoms with Gasteiger partial charge in [-0.25, -0.2) is 4.98 Å². The number of benzene rings is 1. The van der Waals surface area contributed by atoms with E-state index in [1.807, 2.05) is 18.2 Å². The third kappa shape index (κ3) is 3.09. The summed E-state index contributed by atoms with van der Waals surface area (Å²) < 4.78 is 1.07. The summed E-state index contributed by atoms with van der Waals surface area (Å²) in [6.07, 6.45) is 2.47. The average Bonchev–Trinajstić information content (AvgIpc) is 2.28. The Morgan fingerprint density at radius 3 is 2.72 bits per heavy atom. The van der Waals surface area contributed by atoms with Crippen molar-refractivity contribution in [2.24, 2.45) is 5.73 Å². The quantitative estimate of drug-likeness (QED) is 0.916. The molecule has 0 aliphatic heterocycles. The van der Waals surface area contributed by atoms with Gasteiger partial charge in [-0.1, -0.05) is 22.0 Å². The smallest absolute Gasteiger partial charge is 0.123 e. The Morgan fingerprint density at radius 2 is 2.06 bits per heavy atom. The molecular formula is C14H16BrN3. The number of pyridine rings is 1. The lowest BCUT2D eigenvalue weighted by atomic mass is 9.96. The molecule has 0 aliphatic rings. The second kappa shape index (κ2) is 5.50. The number of hydrogen-bond donors (Lipinski definition) is 2. The molecule has 3 nitrogen and oxygen atoms in total. The van der Waals surface area contributed by atoms with Crippen LogP contribution in [0, 0.1) is 6.92 Å². The maximum atomic E-state index is 6.25. The summed E-state index contributed by atoms with van der Waals surface area (Å²) in [5.41, 5.74) is 15.4. The van der Waals surface area contributed by atoms with E-state index in [4.69, 9.17) is 11.5 Å². The number of nitrogens with zero attached hydrogens (tertiary/aromatic N) is 1. The average molecular weight is 306 g/mol. The molecule has 18 heavy (non-hydrogen) atoms. The molecule has 0 aliphatic carbocycles. The van der Waals surface area contributed by atoms with Crippen LogP contribution in [0.15, 0.2) is 41.0 Å². The Morgan fingerprint density at radius 1 is 1.28 bits per heavy atom. The Balaban J connectivity index is 2.19. The Kier molecular flexibility index (Phi) is 3.99. The van der Waals surface area contributed by atoms with E-state index in [2.05, 4.69) is 40.0 Å². The van der Waals surface area contributed by atoms with Gasteiger partial charge >= 0.3 is 0 Å². The molecule has 0 saturated heterocycles. The molecule has 0 radical (unpaired) electrons. The lowest BCUT2D eigenvalue weighted by Gasteiger charge is -2.15. The molecule has 4 N–H and O–H groups in total. The number of nitrogen functional groups attached to an aromatic ring is 1. The van der Waals surface area contributed by atoms with Crippen molar-refractivity contribution >= 4 is 21.7 Å². The van der Waals surface area contributed by atoms with Gasteiger partial charge in [-0.2, -0.15) is 0 Å². The fourth-order valence-corrected chi connectivity index (χ4v) is 2.52. The van der Waals surface area contributed by atoms with E-state index in [0.29, 0.717) is 5.82 Å². The minimum atomic E-state index is -0.0279. The van der Waals surface area contributed by atoms with Gasteiger partial charge in [0.2, 0.25) is 0 Å². The lowest BCUT2D eigenvalue weighted by Crippen LogP contribution is -2.14. The van der Waals surface area contributed by atoms with Crippen LogP contribution in [-0.2, 0) is 6.42 Å². The molecule has 4 heteroatoms. The maximum Gasteiger partial charge on any atom is 0.123 e. The predicted octanol–water partition coefficient (Wildman–Crippen LogP) is 2.98. The monoisotopic (exact) mass is 305 g/mol. The number of rotatable bonds is 3. The molecule has 1 unspecified atom stereocenters. The zero-order valence-corrected chi connectivity index (χ0v) is 11.8. The van der Waals surface area contributed by atoms with Gasteiger partial charge in [0.25, 0.3) is 0 Å². The number of aryl methyl sites for hydroxylation is 1. The highest BCUT2D eigenvalue weighted by molar-refractivity contribution is 9.10. The zero-order valence-electron chi connectivity index (χ0n) is 10.2. The highest BCUT2D eigenvalue weighted by atomic mass is 79.9. The first-order valence-electron chi connectivity index (χ1n) is 5.78. The minimum absolute atomic E-state index is 0.0279. The van der Waals surface area contributed by atoms with Crippen LogP contribution < -0.4 is 11.5 Å². The summed E-state index contributed by atoms with van der Waals surface area (Å²) in [5.74, 6) is 0.534. The largest absolute Gasteiger partial charge is 0.384 e. The lowest BCUT2D eigenvalue weighted by molar-refractivity contribution is 0.716. The molecule has 0 bridgehead atoms. The van der Waals surface area contributed by atoms with Gasteiger partial charge in [-0.05, 0) is 54.3 Å². The second-order valence-electron chi connectivity index (χ2n) is 4.40. The van der Waals surface area contributed by atoms with Crippen molar-refractivity contribution < 1.29 is 0 Å². The van der Waals surface area contributed by atoms with Crippen LogP contribution in [0.1, 0.15) is 22.7 Å². The summed E-state index contributed by atoms with van der Waals surface area (Å²) in [5, 5.41) is 0. The molecule has 1 aromatic carbocycles. The molecule has 2 aromatic rings. The molecular weight excluding hydrogens is 290 g/mol. The molecule has 1 atom stereocenters. The first-order valence-corrected chi connectivity index (χ1v) is 6.57. The van der Waals surface area contributed by atoms with Crippen LogP contribution in [0.4, 0.5) is 5.82 Å². The fraction of sp³-hybridized carbons (Fsp3) is 0.214. The summed E-state index contributed by atoms with van der Waals surface area (Å²) in [6, 6.07) is 9.95. The number of halogens is 1. The van der Waals surface area contributed by atoms with Crippen molar-refractivity contribution in [3.63, 3.8) is 0 Å². The number of hydrogen-bond acceptors (Lipinski definition) is 3. The van der Waals surface area contributed by atoms with E-state index in [9.17, 15) is 0 Å². The van der Waals surface area contributed by atoms with Crippen LogP contribution >= 0.6 is 15.9 Å². The van der Waals surface area contributed by atoms with Crippen LogP contribution in [0.25, 0.3) is 0 Å². The van der Waals surface area contributed by atoms with Crippen LogP contribution in [0.5, 0.6) is 0 Å². The highest BCUT2D eigenvalue weighted by Crippen LogP contribution is 2.23. The SMILES string of the molecule is Cc1cc(Br)ccc1C(N)Cc1ccnc(N)c1. The number of nitrogens with two attached hydrogens (primary N) is 2. The highest BCUT2D eigenvalue weighted by Gasteiger charge is 2.10.